The summed E-state index contributed by atoms with van der Waals surface area (Å²) < 4.78 is 0. The summed E-state index contributed by atoms with van der Waals surface area (Å²) in [5, 5.41) is 22.0. The van der Waals surface area contributed by atoms with Crippen LogP contribution >= 0.6 is 23.2 Å². The molecule has 1 amide bonds. The number of hydrogen-bond acceptors (Lipinski definition) is 3. The SMILES string of the molecule is N#C/C(=C/c1ccccc1O)C(=O)Nc1ccc(Cl)cc1Cl. The molecule has 0 radical (unpaired) electrons. The average molecular weight is 333 g/mol. The molecule has 0 aliphatic rings. The van der Waals surface area contributed by atoms with Gasteiger partial charge < -0.3 is 10.4 Å². The molecule has 0 bridgehead atoms. The maximum atomic E-state index is 12.1. The molecular formula is C16H10Cl2N2O2. The molecule has 0 aliphatic heterocycles. The summed E-state index contributed by atoms with van der Waals surface area (Å²) in [7, 11) is 0. The number of amides is 1. The van der Waals surface area contributed by atoms with Crippen molar-refractivity contribution in [2.75, 3.05) is 5.32 Å². The zero-order valence-corrected chi connectivity index (χ0v) is 12.7. The Labute approximate surface area is 137 Å². The number of carbonyl (C=O) groups excluding carboxylic acids is 1. The number of aromatic hydroxyl groups is 1. The van der Waals surface area contributed by atoms with Gasteiger partial charge in [-0.15, -0.1) is 0 Å². The van der Waals surface area contributed by atoms with Gasteiger partial charge in [-0.25, -0.2) is 0 Å². The Bertz CT molecular complexity index is 795. The van der Waals surface area contributed by atoms with Gasteiger partial charge in [0.25, 0.3) is 5.91 Å². The summed E-state index contributed by atoms with van der Waals surface area (Å²) in [5.41, 5.74) is 0.554. The molecule has 2 rings (SSSR count). The number of nitrogens with zero attached hydrogens (tertiary/aromatic N) is 1. The van der Waals surface area contributed by atoms with E-state index in [1.54, 1.807) is 30.3 Å². The number of para-hydroxylation sites is 1. The smallest absolute Gasteiger partial charge is 0.266 e. The molecule has 0 aromatic heterocycles. The molecule has 0 fully saturated rings. The molecule has 6 heteroatoms. The lowest BCUT2D eigenvalue weighted by atomic mass is 10.1. The first-order valence-electron chi connectivity index (χ1n) is 6.17. The zero-order valence-electron chi connectivity index (χ0n) is 11.2. The minimum Gasteiger partial charge on any atom is -0.507 e. The van der Waals surface area contributed by atoms with Crippen LogP contribution in [0.3, 0.4) is 0 Å². The van der Waals surface area contributed by atoms with Crippen molar-refractivity contribution in [3.05, 3.63) is 63.6 Å². The number of anilines is 1. The van der Waals surface area contributed by atoms with E-state index >= 15 is 0 Å². The molecule has 22 heavy (non-hydrogen) atoms. The van der Waals surface area contributed by atoms with Gasteiger partial charge in [-0.3, -0.25) is 4.79 Å². The fourth-order valence-corrected chi connectivity index (χ4v) is 2.15. The van der Waals surface area contributed by atoms with Crippen LogP contribution in [-0.2, 0) is 4.79 Å². The standard InChI is InChI=1S/C16H10Cl2N2O2/c17-12-5-6-14(13(18)8-12)20-16(22)11(9-19)7-10-3-1-2-4-15(10)21/h1-8,21H,(H,20,22)/b11-7-. The Morgan fingerprint density at radius 2 is 1.95 bits per heavy atom. The monoisotopic (exact) mass is 332 g/mol. The van der Waals surface area contributed by atoms with Crippen LogP contribution in [0.4, 0.5) is 5.69 Å². The molecule has 0 saturated carbocycles. The van der Waals surface area contributed by atoms with E-state index in [4.69, 9.17) is 28.5 Å². The molecule has 2 aromatic carbocycles. The van der Waals surface area contributed by atoms with E-state index in [0.29, 0.717) is 16.3 Å². The second-order valence-electron chi connectivity index (χ2n) is 4.31. The second-order valence-corrected chi connectivity index (χ2v) is 5.15. The summed E-state index contributed by atoms with van der Waals surface area (Å²) in [4.78, 5) is 12.1. The van der Waals surface area contributed by atoms with Gasteiger partial charge in [0.1, 0.15) is 17.4 Å². The van der Waals surface area contributed by atoms with Crippen molar-refractivity contribution in [3.63, 3.8) is 0 Å². The highest BCUT2D eigenvalue weighted by molar-refractivity contribution is 6.36. The fourth-order valence-electron chi connectivity index (χ4n) is 1.69. The average Bonchev–Trinajstić information content (AvgIpc) is 2.49. The van der Waals surface area contributed by atoms with Gasteiger partial charge in [-0.2, -0.15) is 5.26 Å². The lowest BCUT2D eigenvalue weighted by Crippen LogP contribution is -2.13. The number of nitrogens with one attached hydrogen (secondary N) is 1. The Morgan fingerprint density at radius 3 is 2.59 bits per heavy atom. The molecule has 0 spiro atoms. The largest absolute Gasteiger partial charge is 0.507 e. The molecule has 2 N–H and O–H groups in total. The van der Waals surface area contributed by atoms with Gasteiger partial charge in [0.15, 0.2) is 0 Å². The topological polar surface area (TPSA) is 73.1 Å². The minimum atomic E-state index is -0.630. The van der Waals surface area contributed by atoms with Gasteiger partial charge >= 0.3 is 0 Å². The highest BCUT2D eigenvalue weighted by Crippen LogP contribution is 2.26. The van der Waals surface area contributed by atoms with Gasteiger partial charge in [-0.1, -0.05) is 41.4 Å². The Balaban J connectivity index is 2.27. The number of hydrogen-bond donors (Lipinski definition) is 2. The van der Waals surface area contributed by atoms with Crippen molar-refractivity contribution in [1.82, 2.24) is 0 Å². The summed E-state index contributed by atoms with van der Waals surface area (Å²) >= 11 is 11.7. The van der Waals surface area contributed by atoms with E-state index in [1.165, 1.54) is 24.3 Å². The second kappa shape index (κ2) is 6.99. The van der Waals surface area contributed by atoms with E-state index in [0.717, 1.165) is 0 Å². The molecule has 0 unspecified atom stereocenters. The number of nitriles is 1. The third kappa shape index (κ3) is 3.79. The maximum absolute atomic E-state index is 12.1. The summed E-state index contributed by atoms with van der Waals surface area (Å²) in [6.07, 6.45) is 1.30. The lowest BCUT2D eigenvalue weighted by Gasteiger charge is -2.07. The summed E-state index contributed by atoms with van der Waals surface area (Å²) in [6.45, 7) is 0. The van der Waals surface area contributed by atoms with Crippen LogP contribution in [0, 0.1) is 11.3 Å². The number of benzene rings is 2. The van der Waals surface area contributed by atoms with Crippen LogP contribution in [0.25, 0.3) is 6.08 Å². The van der Waals surface area contributed by atoms with Crippen molar-refractivity contribution in [2.24, 2.45) is 0 Å². The molecule has 4 nitrogen and oxygen atoms in total. The molecule has 0 atom stereocenters. The van der Waals surface area contributed by atoms with E-state index in [1.807, 2.05) is 0 Å². The van der Waals surface area contributed by atoms with E-state index < -0.39 is 5.91 Å². The van der Waals surface area contributed by atoms with E-state index in [2.05, 4.69) is 5.32 Å². The van der Waals surface area contributed by atoms with Crippen LogP contribution in [-0.4, -0.2) is 11.0 Å². The molecular weight excluding hydrogens is 323 g/mol. The first-order chi connectivity index (χ1) is 10.5. The van der Waals surface area contributed by atoms with Crippen LogP contribution in [0.15, 0.2) is 48.0 Å². The zero-order chi connectivity index (χ0) is 16.1. The fraction of sp³-hybridized carbons (Fsp3) is 0. The van der Waals surface area contributed by atoms with Crippen molar-refractivity contribution in [2.45, 2.75) is 0 Å². The Morgan fingerprint density at radius 1 is 1.23 bits per heavy atom. The quantitative estimate of drug-likeness (QED) is 0.652. The third-order valence-corrected chi connectivity index (χ3v) is 3.33. The third-order valence-electron chi connectivity index (χ3n) is 2.78. The van der Waals surface area contributed by atoms with Crippen LogP contribution in [0.5, 0.6) is 5.75 Å². The van der Waals surface area contributed by atoms with Crippen LogP contribution in [0.1, 0.15) is 5.56 Å². The molecule has 2 aromatic rings. The Hall–Kier alpha value is -2.48. The van der Waals surface area contributed by atoms with Crippen molar-refractivity contribution in [1.29, 1.82) is 5.26 Å². The maximum Gasteiger partial charge on any atom is 0.266 e. The molecule has 0 aliphatic carbocycles. The number of phenols is 1. The highest BCUT2D eigenvalue weighted by atomic mass is 35.5. The predicted molar refractivity (Wildman–Crippen MR) is 86.8 cm³/mol. The lowest BCUT2D eigenvalue weighted by molar-refractivity contribution is -0.112. The highest BCUT2D eigenvalue weighted by Gasteiger charge is 2.12. The normalized spacial score (nSPS) is 10.9. The minimum absolute atomic E-state index is 0.0208. The van der Waals surface area contributed by atoms with Crippen LogP contribution < -0.4 is 5.32 Å². The van der Waals surface area contributed by atoms with Crippen LogP contribution in [0.2, 0.25) is 10.0 Å². The predicted octanol–water partition coefficient (Wildman–Crippen LogP) is 4.24. The molecule has 0 saturated heterocycles. The van der Waals surface area contributed by atoms with Crippen molar-refractivity contribution >= 4 is 40.9 Å². The first-order valence-corrected chi connectivity index (χ1v) is 6.93. The first kappa shape index (κ1) is 15.9. The number of carbonyl (C=O) groups is 1. The van der Waals surface area contributed by atoms with Gasteiger partial charge in [-0.05, 0) is 30.3 Å². The van der Waals surface area contributed by atoms with Crippen molar-refractivity contribution < 1.29 is 9.90 Å². The van der Waals surface area contributed by atoms with E-state index in [9.17, 15) is 9.90 Å². The summed E-state index contributed by atoms with van der Waals surface area (Å²) in [5.74, 6) is -0.650. The van der Waals surface area contributed by atoms with E-state index in [-0.39, 0.29) is 16.3 Å². The number of rotatable bonds is 3. The molecule has 0 heterocycles. The van der Waals surface area contributed by atoms with Crippen molar-refractivity contribution in [3.8, 4) is 11.8 Å². The Kier molecular flexibility index (Phi) is 5.05. The summed E-state index contributed by atoms with van der Waals surface area (Å²) in [6, 6.07) is 12.8. The van der Waals surface area contributed by atoms with Gasteiger partial charge in [0.2, 0.25) is 0 Å². The number of phenolic OH excluding ortho intramolecular Hbond substituents is 1. The van der Waals surface area contributed by atoms with Gasteiger partial charge in [0.05, 0.1) is 10.7 Å². The van der Waals surface area contributed by atoms with Gasteiger partial charge in [0, 0.05) is 10.6 Å². The number of halogens is 2. The molecule has 110 valence electrons.